The number of ether oxygens (including phenoxy) is 2. The molecule has 0 aromatic heterocycles. The third-order valence-electron chi connectivity index (χ3n) is 4.53. The molecule has 2 aliphatic rings. The molecular weight excluding hydrogens is 421 g/mol. The molecule has 1 aliphatic carbocycles. The van der Waals surface area contributed by atoms with Gasteiger partial charge in [-0.2, -0.15) is 0 Å². The second kappa shape index (κ2) is 13.1. The van der Waals surface area contributed by atoms with Crippen molar-refractivity contribution in [3.63, 3.8) is 0 Å². The first-order chi connectivity index (χ1) is 11.3. The Hall–Kier alpha value is -0.120. The summed E-state index contributed by atoms with van der Waals surface area (Å²) < 4.78 is 11.2. The van der Waals surface area contributed by atoms with E-state index in [1.807, 2.05) is 0 Å². The molecule has 0 amide bonds. The van der Waals surface area contributed by atoms with Crippen LogP contribution in [0.15, 0.2) is 4.99 Å². The van der Waals surface area contributed by atoms with E-state index in [1.54, 1.807) is 0 Å². The SMILES string of the molecule is CCNC(=NCC1CCCC1O)NCCCOCC1CCCO1.I. The van der Waals surface area contributed by atoms with Crippen molar-refractivity contribution in [2.45, 2.75) is 57.7 Å². The van der Waals surface area contributed by atoms with Gasteiger partial charge in [0.25, 0.3) is 0 Å². The van der Waals surface area contributed by atoms with Crippen molar-refractivity contribution in [1.29, 1.82) is 0 Å². The van der Waals surface area contributed by atoms with E-state index in [-0.39, 0.29) is 30.1 Å². The Bertz CT molecular complexity index is 352. The third-order valence-corrected chi connectivity index (χ3v) is 4.53. The zero-order chi connectivity index (χ0) is 16.3. The topological polar surface area (TPSA) is 75.1 Å². The monoisotopic (exact) mass is 455 g/mol. The first kappa shape index (κ1) is 21.9. The van der Waals surface area contributed by atoms with Crippen LogP contribution in [0, 0.1) is 5.92 Å². The lowest BCUT2D eigenvalue weighted by Gasteiger charge is -2.15. The Kier molecular flexibility index (Phi) is 12.0. The number of guanidine groups is 1. The van der Waals surface area contributed by atoms with Gasteiger partial charge in [-0.05, 0) is 39.0 Å². The Morgan fingerprint density at radius 3 is 2.79 bits per heavy atom. The van der Waals surface area contributed by atoms with Crippen molar-refractivity contribution < 1.29 is 14.6 Å². The molecule has 3 N–H and O–H groups in total. The maximum atomic E-state index is 9.86. The quantitative estimate of drug-likeness (QED) is 0.214. The van der Waals surface area contributed by atoms with Crippen molar-refractivity contribution in [3.05, 3.63) is 0 Å². The lowest BCUT2D eigenvalue weighted by Crippen LogP contribution is -2.38. The number of aliphatic hydroxyl groups excluding tert-OH is 1. The van der Waals surface area contributed by atoms with E-state index in [0.717, 1.165) is 70.8 Å². The van der Waals surface area contributed by atoms with Crippen molar-refractivity contribution >= 4 is 29.9 Å². The smallest absolute Gasteiger partial charge is 0.191 e. The van der Waals surface area contributed by atoms with Crippen LogP contribution in [0.5, 0.6) is 0 Å². The van der Waals surface area contributed by atoms with Gasteiger partial charge in [0.05, 0.1) is 18.8 Å². The third kappa shape index (κ3) is 8.31. The maximum absolute atomic E-state index is 9.86. The van der Waals surface area contributed by atoms with E-state index in [9.17, 15) is 5.11 Å². The summed E-state index contributed by atoms with van der Waals surface area (Å²) in [4.78, 5) is 4.60. The first-order valence-electron chi connectivity index (χ1n) is 9.19. The number of aliphatic imine (C=N–C) groups is 1. The van der Waals surface area contributed by atoms with E-state index in [0.29, 0.717) is 25.2 Å². The molecular formula is C17H34IN3O3. The average Bonchev–Trinajstić information content (AvgIpc) is 3.20. The molecule has 2 fully saturated rings. The number of halogens is 1. The minimum Gasteiger partial charge on any atom is -0.393 e. The predicted octanol–water partition coefficient (Wildman–Crippen LogP) is 1.91. The van der Waals surface area contributed by atoms with Crippen LogP contribution in [-0.4, -0.2) is 62.7 Å². The number of rotatable bonds is 9. The summed E-state index contributed by atoms with van der Waals surface area (Å²) in [5.74, 6) is 1.16. The van der Waals surface area contributed by atoms with Gasteiger partial charge < -0.3 is 25.2 Å². The second-order valence-corrected chi connectivity index (χ2v) is 6.47. The summed E-state index contributed by atoms with van der Waals surface area (Å²) in [6.07, 6.45) is 6.49. The van der Waals surface area contributed by atoms with Crippen molar-refractivity contribution in [3.8, 4) is 0 Å². The summed E-state index contributed by atoms with van der Waals surface area (Å²) in [7, 11) is 0. The van der Waals surface area contributed by atoms with Crippen LogP contribution >= 0.6 is 24.0 Å². The molecule has 0 radical (unpaired) electrons. The van der Waals surface area contributed by atoms with Gasteiger partial charge in [-0.3, -0.25) is 4.99 Å². The highest BCUT2D eigenvalue weighted by atomic mass is 127. The van der Waals surface area contributed by atoms with Gasteiger partial charge in [-0.1, -0.05) is 6.42 Å². The summed E-state index contributed by atoms with van der Waals surface area (Å²) in [5, 5.41) is 16.4. The van der Waals surface area contributed by atoms with E-state index in [1.165, 1.54) is 0 Å². The number of nitrogens with zero attached hydrogens (tertiary/aromatic N) is 1. The summed E-state index contributed by atoms with van der Waals surface area (Å²) in [6, 6.07) is 0. The molecule has 1 aliphatic heterocycles. The van der Waals surface area contributed by atoms with Crippen LogP contribution in [0.3, 0.4) is 0 Å². The molecule has 7 heteroatoms. The normalized spacial score (nSPS) is 27.1. The minimum atomic E-state index is -0.173. The predicted molar refractivity (Wildman–Crippen MR) is 107 cm³/mol. The van der Waals surface area contributed by atoms with Crippen molar-refractivity contribution in [1.82, 2.24) is 10.6 Å². The van der Waals surface area contributed by atoms with Crippen LogP contribution in [0.4, 0.5) is 0 Å². The van der Waals surface area contributed by atoms with Gasteiger partial charge in [0.15, 0.2) is 5.96 Å². The lowest BCUT2D eigenvalue weighted by molar-refractivity contribution is 0.0168. The van der Waals surface area contributed by atoms with Crippen LogP contribution in [-0.2, 0) is 9.47 Å². The molecule has 24 heavy (non-hydrogen) atoms. The minimum absolute atomic E-state index is 0. The molecule has 6 nitrogen and oxygen atoms in total. The average molecular weight is 455 g/mol. The highest BCUT2D eigenvalue weighted by Gasteiger charge is 2.24. The van der Waals surface area contributed by atoms with E-state index in [4.69, 9.17) is 9.47 Å². The van der Waals surface area contributed by atoms with Gasteiger partial charge in [-0.15, -0.1) is 24.0 Å². The molecule has 142 valence electrons. The van der Waals surface area contributed by atoms with Crippen LogP contribution in [0.1, 0.15) is 45.4 Å². The van der Waals surface area contributed by atoms with E-state index >= 15 is 0 Å². The Morgan fingerprint density at radius 2 is 2.12 bits per heavy atom. The Morgan fingerprint density at radius 1 is 1.25 bits per heavy atom. The van der Waals surface area contributed by atoms with Crippen molar-refractivity contribution in [2.24, 2.45) is 10.9 Å². The molecule has 0 bridgehead atoms. The van der Waals surface area contributed by atoms with E-state index < -0.39 is 0 Å². The van der Waals surface area contributed by atoms with Gasteiger partial charge in [0.2, 0.25) is 0 Å². The summed E-state index contributed by atoms with van der Waals surface area (Å²) >= 11 is 0. The molecule has 0 aromatic rings. The molecule has 0 aromatic carbocycles. The molecule has 1 saturated heterocycles. The van der Waals surface area contributed by atoms with Crippen LogP contribution in [0.25, 0.3) is 0 Å². The molecule has 3 unspecified atom stereocenters. The van der Waals surface area contributed by atoms with Gasteiger partial charge >= 0.3 is 0 Å². The Balaban J connectivity index is 0.00000288. The lowest BCUT2D eigenvalue weighted by atomic mass is 10.1. The standard InChI is InChI=1S/C17H33N3O3.HI/c1-2-18-17(20-12-14-6-3-8-16(14)21)19-9-5-10-22-13-15-7-4-11-23-15;/h14-16,21H,2-13H2,1H3,(H2,18,19,20);1H. The highest BCUT2D eigenvalue weighted by Crippen LogP contribution is 2.25. The van der Waals surface area contributed by atoms with Gasteiger partial charge in [0.1, 0.15) is 0 Å². The maximum Gasteiger partial charge on any atom is 0.191 e. The fourth-order valence-corrected chi connectivity index (χ4v) is 3.15. The Labute approximate surface area is 163 Å². The van der Waals surface area contributed by atoms with Crippen LogP contribution in [0.2, 0.25) is 0 Å². The van der Waals surface area contributed by atoms with Gasteiger partial charge in [-0.25, -0.2) is 0 Å². The number of hydrogen-bond acceptors (Lipinski definition) is 4. The van der Waals surface area contributed by atoms with Gasteiger partial charge in [0, 0.05) is 38.8 Å². The molecule has 1 saturated carbocycles. The molecule has 0 spiro atoms. The number of nitrogens with one attached hydrogen (secondary N) is 2. The molecule has 2 rings (SSSR count). The van der Waals surface area contributed by atoms with Crippen molar-refractivity contribution in [2.75, 3.05) is 39.5 Å². The second-order valence-electron chi connectivity index (χ2n) is 6.47. The van der Waals surface area contributed by atoms with E-state index in [2.05, 4.69) is 22.5 Å². The summed E-state index contributed by atoms with van der Waals surface area (Å²) in [6.45, 7) is 6.78. The fourth-order valence-electron chi connectivity index (χ4n) is 3.15. The zero-order valence-corrected chi connectivity index (χ0v) is 17.2. The molecule has 3 atom stereocenters. The zero-order valence-electron chi connectivity index (χ0n) is 14.8. The van der Waals surface area contributed by atoms with Crippen LogP contribution < -0.4 is 10.6 Å². The fraction of sp³-hybridized carbons (Fsp3) is 0.941. The summed E-state index contributed by atoms with van der Waals surface area (Å²) in [5.41, 5.74) is 0. The number of hydrogen-bond donors (Lipinski definition) is 3. The largest absolute Gasteiger partial charge is 0.393 e. The molecule has 1 heterocycles. The highest BCUT2D eigenvalue weighted by molar-refractivity contribution is 14.0. The number of aliphatic hydroxyl groups is 1. The first-order valence-corrected chi connectivity index (χ1v) is 9.19.